The van der Waals surface area contributed by atoms with Crippen molar-refractivity contribution in [2.75, 3.05) is 27.2 Å². The zero-order valence-corrected chi connectivity index (χ0v) is 12.4. The summed E-state index contributed by atoms with van der Waals surface area (Å²) in [6.07, 6.45) is 3.80. The van der Waals surface area contributed by atoms with Crippen molar-refractivity contribution in [1.82, 2.24) is 4.90 Å². The lowest BCUT2D eigenvalue weighted by atomic mass is 9.76. The van der Waals surface area contributed by atoms with Gasteiger partial charge in [-0.05, 0) is 19.3 Å². The summed E-state index contributed by atoms with van der Waals surface area (Å²) in [6, 6.07) is 0. The number of quaternary nitrogens is 1. The van der Waals surface area contributed by atoms with Crippen LogP contribution in [0.15, 0.2) is 11.6 Å². The Morgan fingerprint density at radius 1 is 1.32 bits per heavy atom. The maximum atomic E-state index is 12.4. The molecule has 1 saturated heterocycles. The van der Waals surface area contributed by atoms with Crippen LogP contribution >= 0.6 is 0 Å². The molecule has 1 heterocycles. The molecule has 0 unspecified atom stereocenters. The molecule has 0 radical (unpaired) electrons. The second kappa shape index (κ2) is 5.45. The third-order valence-corrected chi connectivity index (χ3v) is 4.28. The normalized spacial score (nSPS) is 30.9. The average molecular weight is 265 g/mol. The molecule has 2 amide bonds. The largest absolute Gasteiger partial charge is 0.340 e. The lowest BCUT2D eigenvalue weighted by Crippen LogP contribution is -3.05. The zero-order valence-electron chi connectivity index (χ0n) is 12.4. The van der Waals surface area contributed by atoms with Crippen LogP contribution in [0.5, 0.6) is 0 Å². The number of fused-ring (bicyclic) bond motifs is 1. The predicted molar refractivity (Wildman–Crippen MR) is 73.5 cm³/mol. The fourth-order valence-electron chi connectivity index (χ4n) is 3.40. The summed E-state index contributed by atoms with van der Waals surface area (Å²) in [4.78, 5) is 27.7. The van der Waals surface area contributed by atoms with Gasteiger partial charge in [-0.3, -0.25) is 14.5 Å². The number of nitrogens with one attached hydrogen (secondary N) is 1. The maximum Gasteiger partial charge on any atom is 0.233 e. The van der Waals surface area contributed by atoms with E-state index in [1.807, 2.05) is 0 Å². The number of rotatable bonds is 4. The smallest absolute Gasteiger partial charge is 0.233 e. The number of amides is 2. The molecule has 2 rings (SSSR count). The standard InChI is InChI=1S/C15H24N2O2/c1-10-8-11(2)13-12(9-10)14(18)17(15(13)19)7-5-6-16(3)4/h8,11-13H,5-7,9H2,1-4H3/p+1/t11-,12-,13-/m1/s1. The van der Waals surface area contributed by atoms with E-state index >= 15 is 0 Å². The molecule has 1 aliphatic carbocycles. The van der Waals surface area contributed by atoms with E-state index in [1.54, 1.807) is 0 Å². The number of nitrogens with zero attached hydrogens (tertiary/aromatic N) is 1. The molecule has 0 aromatic rings. The number of imide groups is 1. The van der Waals surface area contributed by atoms with Gasteiger partial charge in [-0.15, -0.1) is 0 Å². The molecule has 1 fully saturated rings. The van der Waals surface area contributed by atoms with E-state index in [9.17, 15) is 9.59 Å². The Labute approximate surface area is 115 Å². The Balaban J connectivity index is 2.06. The highest BCUT2D eigenvalue weighted by molar-refractivity contribution is 6.05. The predicted octanol–water partition coefficient (Wildman–Crippen LogP) is 0.108. The molecule has 1 N–H and O–H groups in total. The first kappa shape index (κ1) is 14.3. The highest BCUT2D eigenvalue weighted by Crippen LogP contribution is 2.40. The molecule has 2 aliphatic rings. The third-order valence-electron chi connectivity index (χ3n) is 4.28. The second-order valence-electron chi connectivity index (χ2n) is 6.35. The number of hydrogen-bond acceptors (Lipinski definition) is 2. The van der Waals surface area contributed by atoms with E-state index in [2.05, 4.69) is 34.0 Å². The van der Waals surface area contributed by atoms with Crippen molar-refractivity contribution in [2.24, 2.45) is 17.8 Å². The first-order valence-corrected chi connectivity index (χ1v) is 7.23. The number of carbonyl (C=O) groups is 2. The van der Waals surface area contributed by atoms with Crippen LogP contribution in [0, 0.1) is 17.8 Å². The molecule has 0 spiro atoms. The van der Waals surface area contributed by atoms with Crippen LogP contribution < -0.4 is 4.90 Å². The van der Waals surface area contributed by atoms with Gasteiger partial charge in [0, 0.05) is 13.0 Å². The molecule has 3 atom stereocenters. The summed E-state index contributed by atoms with van der Waals surface area (Å²) in [5.74, 6) is 0.102. The maximum absolute atomic E-state index is 12.4. The molecule has 19 heavy (non-hydrogen) atoms. The fraction of sp³-hybridized carbons (Fsp3) is 0.733. The van der Waals surface area contributed by atoms with Crippen molar-refractivity contribution in [2.45, 2.75) is 26.7 Å². The van der Waals surface area contributed by atoms with Crippen LogP contribution in [0.2, 0.25) is 0 Å². The van der Waals surface area contributed by atoms with Gasteiger partial charge in [0.2, 0.25) is 11.8 Å². The van der Waals surface area contributed by atoms with Gasteiger partial charge in [0.15, 0.2) is 0 Å². The highest BCUT2D eigenvalue weighted by Gasteiger charge is 2.50. The van der Waals surface area contributed by atoms with Gasteiger partial charge >= 0.3 is 0 Å². The third kappa shape index (κ3) is 2.73. The van der Waals surface area contributed by atoms with Crippen LogP contribution in [-0.2, 0) is 9.59 Å². The highest BCUT2D eigenvalue weighted by atomic mass is 16.2. The van der Waals surface area contributed by atoms with E-state index in [-0.39, 0.29) is 29.6 Å². The molecule has 4 heteroatoms. The zero-order chi connectivity index (χ0) is 14.2. The van der Waals surface area contributed by atoms with Gasteiger partial charge in [0.1, 0.15) is 0 Å². The summed E-state index contributed by atoms with van der Waals surface area (Å²) in [7, 11) is 4.17. The van der Waals surface area contributed by atoms with E-state index in [4.69, 9.17) is 0 Å². The Hall–Kier alpha value is -1.16. The Morgan fingerprint density at radius 2 is 2.00 bits per heavy atom. The van der Waals surface area contributed by atoms with Gasteiger partial charge < -0.3 is 4.90 Å². The molecule has 106 valence electrons. The lowest BCUT2D eigenvalue weighted by molar-refractivity contribution is -0.858. The molecule has 1 aliphatic heterocycles. The van der Waals surface area contributed by atoms with E-state index in [1.165, 1.54) is 15.4 Å². The van der Waals surface area contributed by atoms with Crippen LogP contribution in [0.1, 0.15) is 26.7 Å². The summed E-state index contributed by atoms with van der Waals surface area (Å²) in [6.45, 7) is 5.68. The second-order valence-corrected chi connectivity index (χ2v) is 6.35. The molecule has 0 saturated carbocycles. The SMILES string of the molecule is CC1=C[C@@H](C)[C@H]2C(=O)N(CCC[NH+](C)C)C(=O)[C@@H]2C1. The van der Waals surface area contributed by atoms with Gasteiger partial charge in [0.05, 0.1) is 32.5 Å². The molecule has 4 nitrogen and oxygen atoms in total. The average Bonchev–Trinajstić information content (AvgIpc) is 2.53. The van der Waals surface area contributed by atoms with Crippen LogP contribution in [0.4, 0.5) is 0 Å². The Kier molecular flexibility index (Phi) is 4.09. The number of carbonyl (C=O) groups excluding carboxylic acids is 2. The van der Waals surface area contributed by atoms with Gasteiger partial charge in [0.25, 0.3) is 0 Å². The molecule has 0 aromatic carbocycles. The number of likely N-dealkylation sites (tertiary alicyclic amines) is 1. The molecule has 0 aromatic heterocycles. The molecule has 0 bridgehead atoms. The van der Waals surface area contributed by atoms with Crippen LogP contribution in [0.3, 0.4) is 0 Å². The Bertz CT molecular complexity index is 414. The van der Waals surface area contributed by atoms with Crippen molar-refractivity contribution in [3.63, 3.8) is 0 Å². The first-order valence-electron chi connectivity index (χ1n) is 7.23. The summed E-state index contributed by atoms with van der Waals surface area (Å²) in [5, 5.41) is 0. The fourth-order valence-corrected chi connectivity index (χ4v) is 3.40. The lowest BCUT2D eigenvalue weighted by Gasteiger charge is -2.25. The van der Waals surface area contributed by atoms with Crippen molar-refractivity contribution in [3.05, 3.63) is 11.6 Å². The van der Waals surface area contributed by atoms with E-state index in [0.29, 0.717) is 6.54 Å². The minimum Gasteiger partial charge on any atom is -0.340 e. The van der Waals surface area contributed by atoms with Crippen molar-refractivity contribution in [3.8, 4) is 0 Å². The van der Waals surface area contributed by atoms with Crippen LogP contribution in [0.25, 0.3) is 0 Å². The first-order chi connectivity index (χ1) is 8.91. The quantitative estimate of drug-likeness (QED) is 0.579. The van der Waals surface area contributed by atoms with Crippen molar-refractivity contribution in [1.29, 1.82) is 0 Å². The van der Waals surface area contributed by atoms with Gasteiger partial charge in [-0.2, -0.15) is 0 Å². The van der Waals surface area contributed by atoms with E-state index < -0.39 is 0 Å². The van der Waals surface area contributed by atoms with Gasteiger partial charge in [-0.1, -0.05) is 18.6 Å². The summed E-state index contributed by atoms with van der Waals surface area (Å²) in [5.41, 5.74) is 1.24. The van der Waals surface area contributed by atoms with Gasteiger partial charge in [-0.25, -0.2) is 0 Å². The summed E-state index contributed by atoms with van der Waals surface area (Å²) >= 11 is 0. The van der Waals surface area contributed by atoms with Crippen molar-refractivity contribution >= 4 is 11.8 Å². The minimum absolute atomic E-state index is 0.0556. The minimum atomic E-state index is -0.108. The van der Waals surface area contributed by atoms with E-state index in [0.717, 1.165) is 19.4 Å². The molecular weight excluding hydrogens is 240 g/mol. The monoisotopic (exact) mass is 265 g/mol. The van der Waals surface area contributed by atoms with Crippen LogP contribution in [-0.4, -0.2) is 43.9 Å². The van der Waals surface area contributed by atoms with Crippen molar-refractivity contribution < 1.29 is 14.5 Å². The molecular formula is C15H25N2O2+. The number of allylic oxidation sites excluding steroid dienone is 2. The number of hydrogen-bond donors (Lipinski definition) is 1. The summed E-state index contributed by atoms with van der Waals surface area (Å²) < 4.78 is 0. The Morgan fingerprint density at radius 3 is 2.63 bits per heavy atom. The topological polar surface area (TPSA) is 41.8 Å².